The van der Waals surface area contributed by atoms with Gasteiger partial charge in [0.25, 0.3) is 0 Å². The van der Waals surface area contributed by atoms with Crippen LogP contribution in [-0.4, -0.2) is 62.7 Å². The molecular formula is C26H28ClN7O2S. The van der Waals surface area contributed by atoms with Gasteiger partial charge >= 0.3 is 0 Å². The Bertz CT molecular complexity index is 1360. The maximum atomic E-state index is 9.96. The van der Waals surface area contributed by atoms with E-state index in [4.69, 9.17) is 26.3 Å². The molecule has 1 aromatic carbocycles. The molecule has 0 radical (unpaired) electrons. The van der Waals surface area contributed by atoms with Crippen molar-refractivity contribution in [3.63, 3.8) is 0 Å². The standard InChI is InChI=1S/C26H28ClN7O2S/c1-2-28-26-33-23(21-16-18(35)7-9-29-21)24(37-26)20-8-10-30-25(32-20)31-17-5-6-22(19(27)15-17)36-14-13-34-11-3-4-12-34/h5-10,15-16H,2-4,11-14H2,1H3,(H,28,33)(H,29,35)(H,30,31,32). The Hall–Kier alpha value is -3.47. The first-order valence-electron chi connectivity index (χ1n) is 12.2. The zero-order valence-corrected chi connectivity index (χ0v) is 22.0. The summed E-state index contributed by atoms with van der Waals surface area (Å²) in [6.45, 7) is 6.54. The van der Waals surface area contributed by atoms with Crippen LogP contribution in [0.1, 0.15) is 19.8 Å². The fraction of sp³-hybridized carbons (Fsp3) is 0.308. The zero-order chi connectivity index (χ0) is 25.6. The summed E-state index contributed by atoms with van der Waals surface area (Å²) in [5.41, 5.74) is 2.64. The van der Waals surface area contributed by atoms with Crippen molar-refractivity contribution >= 4 is 39.7 Å². The molecule has 1 aliphatic rings. The molecule has 192 valence electrons. The van der Waals surface area contributed by atoms with Crippen molar-refractivity contribution in [3.05, 3.63) is 53.8 Å². The van der Waals surface area contributed by atoms with E-state index in [1.165, 1.54) is 30.2 Å². The lowest BCUT2D eigenvalue weighted by Gasteiger charge is -2.16. The van der Waals surface area contributed by atoms with Crippen LogP contribution in [0.25, 0.3) is 22.0 Å². The average Bonchev–Trinajstić information content (AvgIpc) is 3.56. The quantitative estimate of drug-likeness (QED) is 0.236. The number of likely N-dealkylation sites (tertiary alicyclic amines) is 1. The minimum Gasteiger partial charge on any atom is -0.508 e. The third-order valence-corrected chi connectivity index (χ3v) is 7.21. The largest absolute Gasteiger partial charge is 0.508 e. The van der Waals surface area contributed by atoms with E-state index in [-0.39, 0.29) is 5.75 Å². The maximum Gasteiger partial charge on any atom is 0.227 e. The van der Waals surface area contributed by atoms with Gasteiger partial charge in [0.05, 0.1) is 21.3 Å². The van der Waals surface area contributed by atoms with Gasteiger partial charge in [0.1, 0.15) is 23.8 Å². The number of nitrogens with zero attached hydrogens (tertiary/aromatic N) is 5. The predicted octanol–water partition coefficient (Wildman–Crippen LogP) is 5.67. The number of aromatic nitrogens is 4. The molecule has 37 heavy (non-hydrogen) atoms. The van der Waals surface area contributed by atoms with Crippen LogP contribution in [0.15, 0.2) is 48.8 Å². The Morgan fingerprint density at radius 3 is 2.68 bits per heavy atom. The molecule has 0 bridgehead atoms. The second kappa shape index (κ2) is 11.7. The van der Waals surface area contributed by atoms with Gasteiger partial charge in [-0.2, -0.15) is 0 Å². The first kappa shape index (κ1) is 25.2. The highest BCUT2D eigenvalue weighted by molar-refractivity contribution is 7.19. The highest BCUT2D eigenvalue weighted by Gasteiger charge is 2.18. The van der Waals surface area contributed by atoms with Gasteiger partial charge in [0, 0.05) is 37.2 Å². The van der Waals surface area contributed by atoms with E-state index in [2.05, 4.69) is 25.5 Å². The van der Waals surface area contributed by atoms with Gasteiger partial charge in [-0.3, -0.25) is 9.88 Å². The molecule has 0 amide bonds. The highest BCUT2D eigenvalue weighted by Crippen LogP contribution is 2.38. The van der Waals surface area contributed by atoms with Crippen LogP contribution in [-0.2, 0) is 0 Å². The lowest BCUT2D eigenvalue weighted by atomic mass is 10.2. The van der Waals surface area contributed by atoms with Crippen molar-refractivity contribution in [2.24, 2.45) is 0 Å². The van der Waals surface area contributed by atoms with Crippen LogP contribution in [0.5, 0.6) is 11.5 Å². The monoisotopic (exact) mass is 537 g/mol. The number of rotatable bonds is 10. The molecule has 9 nitrogen and oxygen atoms in total. The van der Waals surface area contributed by atoms with Gasteiger partial charge in [-0.05, 0) is 63.2 Å². The lowest BCUT2D eigenvalue weighted by molar-refractivity contribution is 0.238. The summed E-state index contributed by atoms with van der Waals surface area (Å²) in [4.78, 5) is 21.4. The van der Waals surface area contributed by atoms with Crippen LogP contribution < -0.4 is 15.4 Å². The van der Waals surface area contributed by atoms with E-state index < -0.39 is 0 Å². The van der Waals surface area contributed by atoms with Crippen molar-refractivity contribution in [1.82, 2.24) is 24.8 Å². The molecule has 4 aromatic rings. The summed E-state index contributed by atoms with van der Waals surface area (Å²) in [7, 11) is 0. The number of anilines is 3. The molecule has 3 aromatic heterocycles. The maximum absolute atomic E-state index is 9.96. The Labute approximate surface area is 224 Å². The minimum atomic E-state index is 0.124. The topological polar surface area (TPSA) is 108 Å². The fourth-order valence-corrected chi connectivity index (χ4v) is 5.35. The van der Waals surface area contributed by atoms with Crippen LogP contribution in [0, 0.1) is 0 Å². The number of ether oxygens (including phenoxy) is 1. The van der Waals surface area contributed by atoms with E-state index in [1.807, 2.05) is 25.1 Å². The first-order valence-corrected chi connectivity index (χ1v) is 13.4. The lowest BCUT2D eigenvalue weighted by Crippen LogP contribution is -2.25. The molecular weight excluding hydrogens is 510 g/mol. The Morgan fingerprint density at radius 2 is 1.89 bits per heavy atom. The number of thiazole rings is 1. The molecule has 0 spiro atoms. The second-order valence-corrected chi connectivity index (χ2v) is 9.97. The van der Waals surface area contributed by atoms with Crippen molar-refractivity contribution in [2.75, 3.05) is 43.4 Å². The molecule has 3 N–H and O–H groups in total. The molecule has 1 saturated heterocycles. The van der Waals surface area contributed by atoms with Gasteiger partial charge in [-0.25, -0.2) is 15.0 Å². The van der Waals surface area contributed by atoms with Crippen LogP contribution in [0.3, 0.4) is 0 Å². The number of hydrogen-bond acceptors (Lipinski definition) is 10. The average molecular weight is 538 g/mol. The van der Waals surface area contributed by atoms with E-state index >= 15 is 0 Å². The third-order valence-electron chi connectivity index (χ3n) is 5.88. The van der Waals surface area contributed by atoms with Crippen molar-refractivity contribution in [2.45, 2.75) is 19.8 Å². The van der Waals surface area contributed by atoms with Gasteiger partial charge in [0.2, 0.25) is 5.95 Å². The van der Waals surface area contributed by atoms with E-state index in [1.54, 1.807) is 24.5 Å². The zero-order valence-electron chi connectivity index (χ0n) is 20.4. The SMILES string of the molecule is CCNc1nc(-c2cc(O)ccn2)c(-c2ccnc(Nc3ccc(OCCN4CCCC4)c(Cl)c3)n2)s1. The Morgan fingerprint density at radius 1 is 1.05 bits per heavy atom. The van der Waals surface area contributed by atoms with Crippen molar-refractivity contribution in [3.8, 4) is 33.5 Å². The van der Waals surface area contributed by atoms with Gasteiger partial charge < -0.3 is 20.5 Å². The number of nitrogens with one attached hydrogen (secondary N) is 2. The summed E-state index contributed by atoms with van der Waals surface area (Å²) in [5, 5.41) is 17.7. The molecule has 0 aliphatic carbocycles. The molecule has 1 aliphatic heterocycles. The predicted molar refractivity (Wildman–Crippen MR) is 148 cm³/mol. The van der Waals surface area contributed by atoms with Crippen molar-refractivity contribution in [1.29, 1.82) is 0 Å². The van der Waals surface area contributed by atoms with Crippen LogP contribution >= 0.6 is 22.9 Å². The van der Waals surface area contributed by atoms with Crippen LogP contribution in [0.2, 0.25) is 5.02 Å². The number of pyridine rings is 1. The van der Waals surface area contributed by atoms with E-state index in [0.717, 1.165) is 41.9 Å². The normalized spacial score (nSPS) is 13.6. The smallest absolute Gasteiger partial charge is 0.227 e. The molecule has 0 atom stereocenters. The Balaban J connectivity index is 1.33. The van der Waals surface area contributed by atoms with Gasteiger partial charge in [-0.1, -0.05) is 22.9 Å². The summed E-state index contributed by atoms with van der Waals surface area (Å²) < 4.78 is 5.90. The second-order valence-electron chi connectivity index (χ2n) is 8.56. The van der Waals surface area contributed by atoms with Gasteiger partial charge in [-0.15, -0.1) is 0 Å². The van der Waals surface area contributed by atoms with Crippen molar-refractivity contribution < 1.29 is 9.84 Å². The first-order chi connectivity index (χ1) is 18.1. The molecule has 4 heterocycles. The fourth-order valence-electron chi connectivity index (χ4n) is 4.10. The summed E-state index contributed by atoms with van der Waals surface area (Å²) >= 11 is 7.96. The third kappa shape index (κ3) is 6.27. The summed E-state index contributed by atoms with van der Waals surface area (Å²) in [6.07, 6.45) is 5.77. The number of hydrogen-bond donors (Lipinski definition) is 3. The number of halogens is 1. The molecule has 11 heteroatoms. The highest BCUT2D eigenvalue weighted by atomic mass is 35.5. The molecule has 0 unspecified atom stereocenters. The number of benzene rings is 1. The number of aromatic hydroxyl groups is 1. The summed E-state index contributed by atoms with van der Waals surface area (Å²) in [5.74, 6) is 1.20. The van der Waals surface area contributed by atoms with Crippen LogP contribution in [0.4, 0.5) is 16.8 Å². The minimum absolute atomic E-state index is 0.124. The molecule has 5 rings (SSSR count). The summed E-state index contributed by atoms with van der Waals surface area (Å²) in [6, 6.07) is 10.5. The molecule has 1 fully saturated rings. The van der Waals surface area contributed by atoms with E-state index in [0.29, 0.717) is 40.4 Å². The van der Waals surface area contributed by atoms with Gasteiger partial charge in [0.15, 0.2) is 5.13 Å². The van der Waals surface area contributed by atoms with E-state index in [9.17, 15) is 5.11 Å². The Kier molecular flexibility index (Phi) is 7.98. The molecule has 0 saturated carbocycles.